The molecule has 0 saturated carbocycles. The number of halogens is 1. The Hall–Kier alpha value is -1.07. The first-order valence-electron chi connectivity index (χ1n) is 6.53. The zero-order valence-electron chi connectivity index (χ0n) is 11.4. The van der Waals surface area contributed by atoms with E-state index in [1.54, 1.807) is 0 Å². The van der Waals surface area contributed by atoms with Crippen LogP contribution < -0.4 is 10.2 Å². The van der Waals surface area contributed by atoms with Crippen molar-refractivity contribution in [3.8, 4) is 0 Å². The fourth-order valence-electron chi connectivity index (χ4n) is 2.27. The maximum absolute atomic E-state index is 11.9. The van der Waals surface area contributed by atoms with Gasteiger partial charge in [0.05, 0.1) is 6.54 Å². The number of amides is 1. The van der Waals surface area contributed by atoms with Gasteiger partial charge in [-0.15, -0.1) is 0 Å². The Labute approximate surface area is 122 Å². The van der Waals surface area contributed by atoms with Crippen LogP contribution in [0.1, 0.15) is 12.0 Å². The topological polar surface area (TPSA) is 35.6 Å². The molecular formula is C14H20BrN3O. The standard InChI is InChI=1S/C14H20BrN3O/c1-16-9-11-4-5-12(8-13(11)15)18-7-3-6-17(2)14(19)10-18/h4-5,8,16H,3,6-7,9-10H2,1-2H3. The lowest BCUT2D eigenvalue weighted by Gasteiger charge is -2.22. The minimum absolute atomic E-state index is 0.188. The third-order valence-corrected chi connectivity index (χ3v) is 4.18. The number of hydrogen-bond donors (Lipinski definition) is 1. The van der Waals surface area contributed by atoms with E-state index >= 15 is 0 Å². The van der Waals surface area contributed by atoms with E-state index in [2.05, 4.69) is 44.3 Å². The molecule has 1 saturated heterocycles. The molecule has 1 fully saturated rings. The molecule has 5 heteroatoms. The van der Waals surface area contributed by atoms with Gasteiger partial charge in [-0.2, -0.15) is 0 Å². The molecule has 1 aliphatic heterocycles. The van der Waals surface area contributed by atoms with Crippen molar-refractivity contribution < 1.29 is 4.79 Å². The van der Waals surface area contributed by atoms with Gasteiger partial charge >= 0.3 is 0 Å². The Morgan fingerprint density at radius 1 is 1.37 bits per heavy atom. The van der Waals surface area contributed by atoms with Crippen molar-refractivity contribution in [3.05, 3.63) is 28.2 Å². The molecule has 0 atom stereocenters. The van der Waals surface area contributed by atoms with Gasteiger partial charge < -0.3 is 15.1 Å². The van der Waals surface area contributed by atoms with E-state index in [1.165, 1.54) is 5.56 Å². The zero-order chi connectivity index (χ0) is 13.8. The monoisotopic (exact) mass is 325 g/mol. The van der Waals surface area contributed by atoms with Gasteiger partial charge in [0, 0.05) is 36.8 Å². The maximum atomic E-state index is 11.9. The minimum Gasteiger partial charge on any atom is -0.362 e. The summed E-state index contributed by atoms with van der Waals surface area (Å²) >= 11 is 3.60. The predicted octanol–water partition coefficient (Wildman–Crippen LogP) is 1.84. The molecule has 1 N–H and O–H groups in total. The molecule has 4 nitrogen and oxygen atoms in total. The molecule has 0 unspecified atom stereocenters. The Bertz CT molecular complexity index is 464. The number of benzene rings is 1. The van der Waals surface area contributed by atoms with Crippen LogP contribution in [0.5, 0.6) is 0 Å². The summed E-state index contributed by atoms with van der Waals surface area (Å²) < 4.78 is 1.09. The molecule has 1 aliphatic rings. The Balaban J connectivity index is 2.17. The van der Waals surface area contributed by atoms with Gasteiger partial charge in [-0.25, -0.2) is 0 Å². The maximum Gasteiger partial charge on any atom is 0.241 e. The summed E-state index contributed by atoms with van der Waals surface area (Å²) in [4.78, 5) is 15.9. The molecule has 1 heterocycles. The number of carbonyl (C=O) groups is 1. The lowest BCUT2D eigenvalue weighted by atomic mass is 10.2. The molecule has 19 heavy (non-hydrogen) atoms. The first kappa shape index (κ1) is 14.3. The molecule has 1 aromatic rings. The van der Waals surface area contributed by atoms with Gasteiger partial charge in [0.15, 0.2) is 0 Å². The van der Waals surface area contributed by atoms with E-state index in [-0.39, 0.29) is 5.91 Å². The Kier molecular flexibility index (Phi) is 4.82. The Morgan fingerprint density at radius 3 is 2.84 bits per heavy atom. The quantitative estimate of drug-likeness (QED) is 0.921. The minimum atomic E-state index is 0.188. The van der Waals surface area contributed by atoms with Crippen LogP contribution >= 0.6 is 15.9 Å². The summed E-state index contributed by atoms with van der Waals surface area (Å²) in [5, 5.41) is 3.14. The van der Waals surface area contributed by atoms with Crippen LogP contribution in [0.15, 0.2) is 22.7 Å². The largest absolute Gasteiger partial charge is 0.362 e. The van der Waals surface area contributed by atoms with Gasteiger partial charge in [-0.05, 0) is 31.2 Å². The van der Waals surface area contributed by atoms with Gasteiger partial charge in [0.2, 0.25) is 5.91 Å². The van der Waals surface area contributed by atoms with Crippen LogP contribution in [-0.2, 0) is 11.3 Å². The zero-order valence-corrected chi connectivity index (χ0v) is 13.0. The third-order valence-electron chi connectivity index (χ3n) is 3.44. The number of carbonyl (C=O) groups excluding carboxylic acids is 1. The number of hydrogen-bond acceptors (Lipinski definition) is 3. The average molecular weight is 326 g/mol. The summed E-state index contributed by atoms with van der Waals surface area (Å²) in [5.74, 6) is 0.188. The number of nitrogens with zero attached hydrogens (tertiary/aromatic N) is 2. The molecule has 0 radical (unpaired) electrons. The normalized spacial score (nSPS) is 16.7. The van der Waals surface area contributed by atoms with E-state index < -0.39 is 0 Å². The fourth-order valence-corrected chi connectivity index (χ4v) is 2.78. The van der Waals surface area contributed by atoms with Crippen molar-refractivity contribution in [2.24, 2.45) is 0 Å². The first-order valence-corrected chi connectivity index (χ1v) is 7.33. The molecule has 2 rings (SSSR count). The van der Waals surface area contributed by atoms with Crippen LogP contribution in [-0.4, -0.2) is 44.5 Å². The molecule has 104 valence electrons. The Morgan fingerprint density at radius 2 is 2.16 bits per heavy atom. The lowest BCUT2D eigenvalue weighted by Crippen LogP contribution is -2.34. The van der Waals surface area contributed by atoms with Gasteiger partial charge in [0.25, 0.3) is 0 Å². The van der Waals surface area contributed by atoms with Gasteiger partial charge in [0.1, 0.15) is 0 Å². The van der Waals surface area contributed by atoms with Crippen molar-refractivity contribution in [2.75, 3.05) is 38.6 Å². The number of nitrogens with one attached hydrogen (secondary N) is 1. The van der Waals surface area contributed by atoms with E-state index in [4.69, 9.17) is 0 Å². The third kappa shape index (κ3) is 3.48. The first-order chi connectivity index (χ1) is 9.11. The van der Waals surface area contributed by atoms with Crippen molar-refractivity contribution in [3.63, 3.8) is 0 Å². The second kappa shape index (κ2) is 6.39. The highest BCUT2D eigenvalue weighted by atomic mass is 79.9. The van der Waals surface area contributed by atoms with Crippen LogP contribution in [0, 0.1) is 0 Å². The van der Waals surface area contributed by atoms with Crippen molar-refractivity contribution in [2.45, 2.75) is 13.0 Å². The highest BCUT2D eigenvalue weighted by molar-refractivity contribution is 9.10. The highest BCUT2D eigenvalue weighted by Crippen LogP contribution is 2.25. The molecule has 1 aromatic carbocycles. The number of likely N-dealkylation sites (N-methyl/N-ethyl adjacent to an activating group) is 1. The van der Waals surface area contributed by atoms with Crippen LogP contribution in [0.2, 0.25) is 0 Å². The molecular weight excluding hydrogens is 306 g/mol. The summed E-state index contributed by atoms with van der Waals surface area (Å²) in [5.41, 5.74) is 2.33. The van der Waals surface area contributed by atoms with E-state index in [9.17, 15) is 4.79 Å². The number of anilines is 1. The summed E-state index contributed by atoms with van der Waals surface area (Å²) in [7, 11) is 3.81. The van der Waals surface area contributed by atoms with Crippen molar-refractivity contribution in [1.29, 1.82) is 0 Å². The van der Waals surface area contributed by atoms with Gasteiger partial charge in [-0.3, -0.25) is 4.79 Å². The van der Waals surface area contributed by atoms with Crippen molar-refractivity contribution >= 4 is 27.5 Å². The smallest absolute Gasteiger partial charge is 0.241 e. The lowest BCUT2D eigenvalue weighted by molar-refractivity contribution is -0.127. The average Bonchev–Trinajstić information content (AvgIpc) is 2.55. The summed E-state index contributed by atoms with van der Waals surface area (Å²) in [6, 6.07) is 6.30. The van der Waals surface area contributed by atoms with E-state index in [1.807, 2.05) is 19.0 Å². The molecule has 0 bridgehead atoms. The summed E-state index contributed by atoms with van der Waals surface area (Å²) in [6.45, 7) is 3.07. The molecule has 0 aliphatic carbocycles. The van der Waals surface area contributed by atoms with Gasteiger partial charge in [-0.1, -0.05) is 22.0 Å². The second-order valence-corrected chi connectivity index (χ2v) is 5.75. The fraction of sp³-hybridized carbons (Fsp3) is 0.500. The molecule has 0 spiro atoms. The predicted molar refractivity (Wildman–Crippen MR) is 81.4 cm³/mol. The second-order valence-electron chi connectivity index (χ2n) is 4.90. The van der Waals surface area contributed by atoms with E-state index in [0.29, 0.717) is 6.54 Å². The van der Waals surface area contributed by atoms with Crippen LogP contribution in [0.4, 0.5) is 5.69 Å². The molecule has 1 amide bonds. The highest BCUT2D eigenvalue weighted by Gasteiger charge is 2.19. The number of rotatable bonds is 3. The van der Waals surface area contributed by atoms with Crippen molar-refractivity contribution in [1.82, 2.24) is 10.2 Å². The summed E-state index contributed by atoms with van der Waals surface area (Å²) in [6.07, 6.45) is 1.01. The molecule has 0 aromatic heterocycles. The van der Waals surface area contributed by atoms with Crippen LogP contribution in [0.3, 0.4) is 0 Å². The SMILES string of the molecule is CNCc1ccc(N2CCCN(C)C(=O)C2)cc1Br. The van der Waals surface area contributed by atoms with Crippen LogP contribution in [0.25, 0.3) is 0 Å². The van der Waals surface area contributed by atoms with E-state index in [0.717, 1.165) is 36.2 Å².